The summed E-state index contributed by atoms with van der Waals surface area (Å²) in [6.45, 7) is 4.01. The topological polar surface area (TPSA) is 66.0 Å². The van der Waals surface area contributed by atoms with Crippen LogP contribution in [0.5, 0.6) is 5.75 Å². The summed E-state index contributed by atoms with van der Waals surface area (Å²) >= 11 is 1.45. The summed E-state index contributed by atoms with van der Waals surface area (Å²) < 4.78 is 20.4. The van der Waals surface area contributed by atoms with Gasteiger partial charge < -0.3 is 10.5 Å². The second kappa shape index (κ2) is 6.13. The molecule has 0 saturated heterocycles. The van der Waals surface area contributed by atoms with Gasteiger partial charge in [0.05, 0.1) is 7.11 Å². The molecule has 0 aliphatic carbocycles. The standard InChI is InChI=1S/C13H17FN4OS/c1-8(2)18-12(15)16-17-13(18)20-7-9-6-10(14)4-5-11(9)19-3/h4-6,8H,7H2,1-3H3,(H2,15,16). The molecule has 0 fully saturated rings. The van der Waals surface area contributed by atoms with Crippen LogP contribution in [0.4, 0.5) is 10.3 Å². The van der Waals surface area contributed by atoms with Crippen LogP contribution in [0.3, 0.4) is 0 Å². The lowest BCUT2D eigenvalue weighted by atomic mass is 10.2. The van der Waals surface area contributed by atoms with Crippen molar-refractivity contribution in [3.05, 3.63) is 29.6 Å². The molecule has 0 unspecified atom stereocenters. The first-order valence-electron chi connectivity index (χ1n) is 6.18. The van der Waals surface area contributed by atoms with E-state index < -0.39 is 0 Å². The Morgan fingerprint density at radius 2 is 2.15 bits per heavy atom. The van der Waals surface area contributed by atoms with Crippen LogP contribution in [0.15, 0.2) is 23.4 Å². The van der Waals surface area contributed by atoms with Crippen LogP contribution >= 0.6 is 11.8 Å². The lowest BCUT2D eigenvalue weighted by molar-refractivity contribution is 0.410. The summed E-state index contributed by atoms with van der Waals surface area (Å²) in [4.78, 5) is 0. The van der Waals surface area contributed by atoms with E-state index in [1.54, 1.807) is 13.2 Å². The van der Waals surface area contributed by atoms with Gasteiger partial charge in [0, 0.05) is 17.4 Å². The number of hydrogen-bond donors (Lipinski definition) is 1. The van der Waals surface area contributed by atoms with E-state index in [4.69, 9.17) is 10.5 Å². The predicted molar refractivity (Wildman–Crippen MR) is 77.3 cm³/mol. The maximum absolute atomic E-state index is 13.3. The van der Waals surface area contributed by atoms with E-state index in [9.17, 15) is 4.39 Å². The van der Waals surface area contributed by atoms with Gasteiger partial charge in [-0.05, 0) is 32.0 Å². The monoisotopic (exact) mass is 296 g/mol. The highest BCUT2D eigenvalue weighted by atomic mass is 32.2. The fourth-order valence-electron chi connectivity index (χ4n) is 1.87. The number of nitrogen functional groups attached to an aromatic ring is 1. The first-order valence-corrected chi connectivity index (χ1v) is 7.17. The summed E-state index contributed by atoms with van der Waals surface area (Å²) in [5, 5.41) is 8.63. The number of hydrogen-bond acceptors (Lipinski definition) is 5. The van der Waals surface area contributed by atoms with E-state index in [0.29, 0.717) is 22.6 Å². The Morgan fingerprint density at radius 1 is 1.40 bits per heavy atom. The number of anilines is 1. The van der Waals surface area contributed by atoms with E-state index >= 15 is 0 Å². The molecule has 1 heterocycles. The van der Waals surface area contributed by atoms with Gasteiger partial charge in [0.1, 0.15) is 11.6 Å². The number of aromatic nitrogens is 3. The molecule has 108 valence electrons. The Balaban J connectivity index is 2.19. The van der Waals surface area contributed by atoms with Crippen molar-refractivity contribution in [2.75, 3.05) is 12.8 Å². The molecule has 0 amide bonds. The molecule has 2 aromatic rings. The molecule has 0 spiro atoms. The first-order chi connectivity index (χ1) is 9.52. The quantitative estimate of drug-likeness (QED) is 0.859. The SMILES string of the molecule is COc1ccc(F)cc1CSc1nnc(N)n1C(C)C. The van der Waals surface area contributed by atoms with Gasteiger partial charge in [0.2, 0.25) is 5.95 Å². The Kier molecular flexibility index (Phi) is 4.49. The molecule has 0 aliphatic heterocycles. The molecule has 0 bridgehead atoms. The zero-order chi connectivity index (χ0) is 14.7. The summed E-state index contributed by atoms with van der Waals surface area (Å²) in [6, 6.07) is 4.63. The second-order valence-electron chi connectivity index (χ2n) is 4.55. The molecule has 1 aromatic carbocycles. The van der Waals surface area contributed by atoms with Gasteiger partial charge in [0.25, 0.3) is 0 Å². The van der Waals surface area contributed by atoms with E-state index in [2.05, 4.69) is 10.2 Å². The van der Waals surface area contributed by atoms with Crippen molar-refractivity contribution in [1.82, 2.24) is 14.8 Å². The highest BCUT2D eigenvalue weighted by Gasteiger charge is 2.14. The zero-order valence-corrected chi connectivity index (χ0v) is 12.4. The number of thioether (sulfide) groups is 1. The molecular weight excluding hydrogens is 279 g/mol. The number of ether oxygens (including phenoxy) is 1. The third kappa shape index (κ3) is 3.04. The smallest absolute Gasteiger partial charge is 0.222 e. The van der Waals surface area contributed by atoms with E-state index in [1.165, 1.54) is 23.9 Å². The van der Waals surface area contributed by atoms with Gasteiger partial charge in [0.15, 0.2) is 5.16 Å². The molecule has 7 heteroatoms. The van der Waals surface area contributed by atoms with Crippen LogP contribution in [0.2, 0.25) is 0 Å². The molecular formula is C13H17FN4OS. The predicted octanol–water partition coefficient (Wildman–Crippen LogP) is 2.88. The molecule has 1 aromatic heterocycles. The number of halogens is 1. The van der Waals surface area contributed by atoms with Crippen LogP contribution in [0.1, 0.15) is 25.5 Å². The maximum atomic E-state index is 13.3. The van der Waals surface area contributed by atoms with Gasteiger partial charge in [-0.15, -0.1) is 10.2 Å². The summed E-state index contributed by atoms with van der Waals surface area (Å²) in [7, 11) is 1.57. The molecule has 0 radical (unpaired) electrons. The Bertz CT molecular complexity index is 600. The van der Waals surface area contributed by atoms with E-state index in [0.717, 1.165) is 5.56 Å². The molecule has 5 nitrogen and oxygen atoms in total. The lowest BCUT2D eigenvalue weighted by Crippen LogP contribution is -2.07. The average Bonchev–Trinajstić information content (AvgIpc) is 2.77. The first kappa shape index (κ1) is 14.6. The van der Waals surface area contributed by atoms with Crippen molar-refractivity contribution in [2.45, 2.75) is 30.8 Å². The number of rotatable bonds is 5. The number of nitrogens with zero attached hydrogens (tertiary/aromatic N) is 3. The van der Waals surface area contributed by atoms with Gasteiger partial charge >= 0.3 is 0 Å². The van der Waals surface area contributed by atoms with Crippen LogP contribution < -0.4 is 10.5 Å². The molecule has 0 aliphatic rings. The van der Waals surface area contributed by atoms with Crippen molar-refractivity contribution in [3.8, 4) is 5.75 Å². The molecule has 0 saturated carbocycles. The van der Waals surface area contributed by atoms with Crippen molar-refractivity contribution in [3.63, 3.8) is 0 Å². The lowest BCUT2D eigenvalue weighted by Gasteiger charge is -2.12. The number of benzene rings is 1. The van der Waals surface area contributed by atoms with Gasteiger partial charge in [-0.1, -0.05) is 11.8 Å². The second-order valence-corrected chi connectivity index (χ2v) is 5.49. The van der Waals surface area contributed by atoms with Gasteiger partial charge in [-0.25, -0.2) is 4.39 Å². The summed E-state index contributed by atoms with van der Waals surface area (Å²) in [6.07, 6.45) is 0. The minimum Gasteiger partial charge on any atom is -0.496 e. The third-order valence-corrected chi connectivity index (χ3v) is 3.80. The van der Waals surface area contributed by atoms with Crippen molar-refractivity contribution < 1.29 is 9.13 Å². The Hall–Kier alpha value is -1.76. The average molecular weight is 296 g/mol. The van der Waals surface area contributed by atoms with Gasteiger partial charge in [-0.2, -0.15) is 0 Å². The largest absolute Gasteiger partial charge is 0.496 e. The fraction of sp³-hybridized carbons (Fsp3) is 0.385. The van der Waals surface area contributed by atoms with E-state index in [-0.39, 0.29) is 11.9 Å². The number of nitrogens with two attached hydrogens (primary N) is 1. The summed E-state index contributed by atoms with van der Waals surface area (Å²) in [5.41, 5.74) is 6.56. The minimum absolute atomic E-state index is 0.168. The minimum atomic E-state index is -0.286. The zero-order valence-electron chi connectivity index (χ0n) is 11.6. The van der Waals surface area contributed by atoms with Gasteiger partial charge in [-0.3, -0.25) is 4.57 Å². The maximum Gasteiger partial charge on any atom is 0.222 e. The van der Waals surface area contributed by atoms with E-state index in [1.807, 2.05) is 18.4 Å². The number of methoxy groups -OCH3 is 1. The highest BCUT2D eigenvalue weighted by Crippen LogP contribution is 2.29. The normalized spacial score (nSPS) is 11.1. The van der Waals surface area contributed by atoms with Crippen LogP contribution in [-0.4, -0.2) is 21.9 Å². The highest BCUT2D eigenvalue weighted by molar-refractivity contribution is 7.98. The molecule has 0 atom stereocenters. The van der Waals surface area contributed by atoms with Crippen molar-refractivity contribution in [2.24, 2.45) is 0 Å². The molecule has 2 N–H and O–H groups in total. The van der Waals surface area contributed by atoms with Crippen LogP contribution in [-0.2, 0) is 5.75 Å². The van der Waals surface area contributed by atoms with Crippen molar-refractivity contribution >= 4 is 17.7 Å². The van der Waals surface area contributed by atoms with Crippen LogP contribution in [0, 0.1) is 5.82 Å². The third-order valence-electron chi connectivity index (χ3n) is 2.81. The van der Waals surface area contributed by atoms with Crippen LogP contribution in [0.25, 0.3) is 0 Å². The molecule has 2 rings (SSSR count). The Labute approximate surface area is 121 Å². The molecule has 20 heavy (non-hydrogen) atoms. The van der Waals surface area contributed by atoms with Crippen molar-refractivity contribution in [1.29, 1.82) is 0 Å². The fourth-order valence-corrected chi connectivity index (χ4v) is 2.93. The summed E-state index contributed by atoms with van der Waals surface area (Å²) in [5.74, 6) is 1.29. The Morgan fingerprint density at radius 3 is 2.80 bits per heavy atom.